The molecule has 4 aromatic rings. The van der Waals surface area contributed by atoms with E-state index in [1.807, 2.05) is 6.07 Å². The summed E-state index contributed by atoms with van der Waals surface area (Å²) in [6.07, 6.45) is 3.41. The van der Waals surface area contributed by atoms with E-state index >= 15 is 0 Å². The summed E-state index contributed by atoms with van der Waals surface area (Å²) < 4.78 is 2.18. The van der Waals surface area contributed by atoms with Crippen molar-refractivity contribution in [3.63, 3.8) is 0 Å². The summed E-state index contributed by atoms with van der Waals surface area (Å²) in [7, 11) is 0. The van der Waals surface area contributed by atoms with E-state index in [0.29, 0.717) is 5.02 Å². The van der Waals surface area contributed by atoms with Gasteiger partial charge in [0.2, 0.25) is 0 Å². The molecule has 6 heteroatoms. The van der Waals surface area contributed by atoms with Gasteiger partial charge < -0.3 is 4.57 Å². The zero-order chi connectivity index (χ0) is 19.6. The molecule has 0 N–H and O–H groups in total. The fraction of sp³-hybridized carbons (Fsp3) is 0.174. The summed E-state index contributed by atoms with van der Waals surface area (Å²) in [4.78, 5) is 6.66. The van der Waals surface area contributed by atoms with Crippen LogP contribution in [0.1, 0.15) is 23.0 Å². The van der Waals surface area contributed by atoms with Crippen molar-refractivity contribution in [2.24, 2.45) is 0 Å². The van der Waals surface area contributed by atoms with Gasteiger partial charge in [0.05, 0.1) is 17.6 Å². The number of nitrogens with zero attached hydrogens (tertiary/aromatic N) is 5. The van der Waals surface area contributed by atoms with E-state index in [0.717, 1.165) is 36.8 Å². The minimum absolute atomic E-state index is 0.180. The molecule has 144 valence electrons. The number of fused-ring (bicyclic) bond motifs is 1. The van der Waals surface area contributed by atoms with Gasteiger partial charge in [-0.05, 0) is 17.2 Å². The van der Waals surface area contributed by atoms with Gasteiger partial charge in [-0.3, -0.25) is 9.88 Å². The molecule has 5 nitrogen and oxygen atoms in total. The predicted molar refractivity (Wildman–Crippen MR) is 113 cm³/mol. The summed E-state index contributed by atoms with van der Waals surface area (Å²) in [5, 5.41) is 9.52. The number of pyridine rings is 1. The Morgan fingerprint density at radius 1 is 0.828 bits per heavy atom. The highest BCUT2D eigenvalue weighted by atomic mass is 35.5. The molecule has 0 saturated carbocycles. The SMILES string of the molecule is Clc1cncc(-c2nnc3n2CCN(C(c2ccccc2)c2ccccc2)C3)c1. The van der Waals surface area contributed by atoms with E-state index < -0.39 is 0 Å². The van der Waals surface area contributed by atoms with Crippen LogP contribution in [0.15, 0.2) is 79.1 Å². The van der Waals surface area contributed by atoms with Crippen LogP contribution in [0.2, 0.25) is 5.02 Å². The lowest BCUT2D eigenvalue weighted by Gasteiger charge is -2.35. The minimum atomic E-state index is 0.180. The first kappa shape index (κ1) is 18.0. The Bertz CT molecular complexity index is 1070. The fourth-order valence-electron chi connectivity index (χ4n) is 4.03. The van der Waals surface area contributed by atoms with Gasteiger partial charge in [-0.15, -0.1) is 10.2 Å². The zero-order valence-electron chi connectivity index (χ0n) is 15.8. The molecular formula is C23H20ClN5. The summed E-state index contributed by atoms with van der Waals surface area (Å²) >= 11 is 6.12. The van der Waals surface area contributed by atoms with E-state index in [-0.39, 0.29) is 6.04 Å². The molecule has 29 heavy (non-hydrogen) atoms. The maximum atomic E-state index is 6.12. The molecular weight excluding hydrogens is 382 g/mol. The van der Waals surface area contributed by atoms with Crippen LogP contribution >= 0.6 is 11.6 Å². The van der Waals surface area contributed by atoms with Crippen molar-refractivity contribution in [2.75, 3.05) is 6.54 Å². The van der Waals surface area contributed by atoms with Crippen LogP contribution in [0.4, 0.5) is 0 Å². The number of halogens is 1. The molecule has 0 unspecified atom stereocenters. The third kappa shape index (κ3) is 3.55. The Labute approximate surface area is 174 Å². The van der Waals surface area contributed by atoms with E-state index in [4.69, 9.17) is 11.6 Å². The van der Waals surface area contributed by atoms with Crippen molar-refractivity contribution in [1.82, 2.24) is 24.6 Å². The lowest BCUT2D eigenvalue weighted by atomic mass is 9.96. The van der Waals surface area contributed by atoms with Gasteiger partial charge in [0, 0.05) is 31.0 Å². The van der Waals surface area contributed by atoms with Crippen molar-refractivity contribution in [3.05, 3.63) is 101 Å². The Balaban J connectivity index is 1.49. The zero-order valence-corrected chi connectivity index (χ0v) is 16.6. The van der Waals surface area contributed by atoms with Crippen LogP contribution < -0.4 is 0 Å². The lowest BCUT2D eigenvalue weighted by Crippen LogP contribution is -2.37. The summed E-state index contributed by atoms with van der Waals surface area (Å²) in [5.41, 5.74) is 3.46. The van der Waals surface area contributed by atoms with Crippen LogP contribution in [-0.2, 0) is 13.1 Å². The Hall–Kier alpha value is -3.02. The average molecular weight is 402 g/mol. The molecule has 0 spiro atoms. The minimum Gasteiger partial charge on any atom is -0.309 e. The lowest BCUT2D eigenvalue weighted by molar-refractivity contribution is 0.176. The van der Waals surface area contributed by atoms with Gasteiger partial charge in [0.15, 0.2) is 5.82 Å². The second kappa shape index (κ2) is 7.78. The maximum absolute atomic E-state index is 6.12. The second-order valence-corrected chi connectivity index (χ2v) is 7.61. The topological polar surface area (TPSA) is 46.8 Å². The summed E-state index contributed by atoms with van der Waals surface area (Å²) in [5.74, 6) is 1.79. The molecule has 0 radical (unpaired) electrons. The first-order chi connectivity index (χ1) is 14.3. The van der Waals surface area contributed by atoms with Gasteiger partial charge >= 0.3 is 0 Å². The molecule has 3 heterocycles. The molecule has 5 rings (SSSR count). The van der Waals surface area contributed by atoms with Crippen LogP contribution in [0.3, 0.4) is 0 Å². The van der Waals surface area contributed by atoms with Crippen LogP contribution in [0.25, 0.3) is 11.4 Å². The van der Waals surface area contributed by atoms with Crippen molar-refractivity contribution < 1.29 is 0 Å². The maximum Gasteiger partial charge on any atom is 0.165 e. The monoisotopic (exact) mass is 401 g/mol. The first-order valence-corrected chi connectivity index (χ1v) is 10.0. The van der Waals surface area contributed by atoms with Crippen LogP contribution in [0.5, 0.6) is 0 Å². The molecule has 2 aromatic heterocycles. The third-order valence-electron chi connectivity index (χ3n) is 5.34. The van der Waals surface area contributed by atoms with E-state index in [1.54, 1.807) is 12.4 Å². The van der Waals surface area contributed by atoms with E-state index in [2.05, 4.69) is 85.3 Å². The highest BCUT2D eigenvalue weighted by Gasteiger charge is 2.28. The summed E-state index contributed by atoms with van der Waals surface area (Å²) in [6, 6.07) is 23.4. The molecule has 0 aliphatic carbocycles. The van der Waals surface area contributed by atoms with E-state index in [1.165, 1.54) is 11.1 Å². The molecule has 0 amide bonds. The molecule has 0 saturated heterocycles. The third-order valence-corrected chi connectivity index (χ3v) is 5.55. The molecule has 0 atom stereocenters. The molecule has 0 bridgehead atoms. The highest BCUT2D eigenvalue weighted by molar-refractivity contribution is 6.30. The second-order valence-electron chi connectivity index (χ2n) is 7.18. The average Bonchev–Trinajstić information content (AvgIpc) is 3.19. The number of rotatable bonds is 4. The van der Waals surface area contributed by atoms with Gasteiger partial charge in [-0.2, -0.15) is 0 Å². The van der Waals surface area contributed by atoms with E-state index in [9.17, 15) is 0 Å². The standard InChI is InChI=1S/C23H20ClN5/c24-20-13-19(14-25-15-20)23-27-26-21-16-28(11-12-29(21)23)22(17-7-3-1-4-8-17)18-9-5-2-6-10-18/h1-10,13-15,22H,11-12,16H2. The van der Waals surface area contributed by atoms with Crippen molar-refractivity contribution >= 4 is 11.6 Å². The van der Waals surface area contributed by atoms with Crippen molar-refractivity contribution in [2.45, 2.75) is 19.1 Å². The van der Waals surface area contributed by atoms with Gasteiger partial charge in [0.1, 0.15) is 5.82 Å². The molecule has 1 aliphatic heterocycles. The highest BCUT2D eigenvalue weighted by Crippen LogP contribution is 2.32. The normalized spacial score (nSPS) is 14.1. The number of hydrogen-bond donors (Lipinski definition) is 0. The van der Waals surface area contributed by atoms with Gasteiger partial charge in [-0.25, -0.2) is 0 Å². The largest absolute Gasteiger partial charge is 0.309 e. The fourth-order valence-corrected chi connectivity index (χ4v) is 4.20. The summed E-state index contributed by atoms with van der Waals surface area (Å²) in [6.45, 7) is 2.45. The first-order valence-electron chi connectivity index (χ1n) is 9.66. The molecule has 0 fully saturated rings. The Kier molecular flexibility index (Phi) is 4.84. The smallest absolute Gasteiger partial charge is 0.165 e. The van der Waals surface area contributed by atoms with Crippen molar-refractivity contribution in [1.29, 1.82) is 0 Å². The van der Waals surface area contributed by atoms with Crippen molar-refractivity contribution in [3.8, 4) is 11.4 Å². The molecule has 2 aromatic carbocycles. The van der Waals surface area contributed by atoms with Crippen LogP contribution in [0, 0.1) is 0 Å². The number of benzene rings is 2. The van der Waals surface area contributed by atoms with Crippen LogP contribution in [-0.4, -0.2) is 31.2 Å². The van der Waals surface area contributed by atoms with Gasteiger partial charge in [0.25, 0.3) is 0 Å². The predicted octanol–water partition coefficient (Wildman–Crippen LogP) is 4.60. The Morgan fingerprint density at radius 2 is 1.52 bits per heavy atom. The Morgan fingerprint density at radius 3 is 2.17 bits per heavy atom. The van der Waals surface area contributed by atoms with Gasteiger partial charge in [-0.1, -0.05) is 72.3 Å². The molecule has 1 aliphatic rings. The quantitative estimate of drug-likeness (QED) is 0.501. The number of aromatic nitrogens is 4. The number of hydrogen-bond acceptors (Lipinski definition) is 4.